The number of halogens is 16. The predicted molar refractivity (Wildman–Crippen MR) is 374 cm³/mol. The molecule has 0 fully saturated rings. The topological polar surface area (TPSA) is 369 Å². The van der Waals surface area contributed by atoms with Gasteiger partial charge in [0.25, 0.3) is 0 Å². The molecule has 0 rings (SSSR count). The molecule has 0 aromatic heterocycles. The smallest absolute Gasteiger partial charge is 0.381 e. The van der Waals surface area contributed by atoms with Crippen LogP contribution >= 0.6 is 0 Å². The van der Waals surface area contributed by atoms with Crippen LogP contribution in [0.1, 0.15) is 27.2 Å². The fraction of sp³-hybridized carbons (Fsp3) is 0.620. The fourth-order valence-electron chi connectivity index (χ4n) is 6.29. The quantitative estimate of drug-likeness (QED) is 0.0192. The van der Waals surface area contributed by atoms with E-state index in [1.807, 2.05) is 6.92 Å². The monoisotopic (exact) mass is 1740 g/mol. The molecule has 0 atom stereocenters. The van der Waals surface area contributed by atoms with Gasteiger partial charge in [-0.3, -0.25) is 0 Å². The molecule has 0 heterocycles. The summed E-state index contributed by atoms with van der Waals surface area (Å²) < 4.78 is 303. The molecule has 2 N–H and O–H groups in total. The first-order valence-corrected chi connectivity index (χ1v) is 33.7. The minimum absolute atomic E-state index is 0.0248. The maximum Gasteiger partial charge on any atom is 0.381 e. The van der Waals surface area contributed by atoms with Crippen LogP contribution in [-0.4, -0.2) is 316 Å². The van der Waals surface area contributed by atoms with Crippen LogP contribution in [0, 0.1) is 5.41 Å². The van der Waals surface area contributed by atoms with Gasteiger partial charge >= 0.3 is 101 Å². The van der Waals surface area contributed by atoms with E-state index in [2.05, 4.69) is 87.6 Å². The van der Waals surface area contributed by atoms with E-state index < -0.39 is 134 Å². The predicted octanol–water partition coefficient (Wildman–Crippen LogP) is 7.90. The van der Waals surface area contributed by atoms with Crippen molar-refractivity contribution in [3.05, 3.63) is 113 Å². The van der Waals surface area contributed by atoms with Gasteiger partial charge in [-0.25, -0.2) is 43.2 Å². The average Bonchev–Trinajstić information content (AvgIpc) is 0.747. The maximum absolute atomic E-state index is 13.3. The largest absolute Gasteiger partial charge is 0.460 e. The summed E-state index contributed by atoms with van der Waals surface area (Å²) in [6.45, 7) is 30.3. The van der Waals surface area contributed by atoms with Crippen LogP contribution in [0.2, 0.25) is 0 Å². The highest BCUT2D eigenvalue weighted by molar-refractivity contribution is 5.87. The zero-order valence-corrected chi connectivity index (χ0v) is 64.6. The molecule has 0 aromatic rings. The van der Waals surface area contributed by atoms with Gasteiger partial charge in [0, 0.05) is 66.2 Å². The molecular weight excluding hydrogens is 1640 g/mol. The molecule has 0 amide bonds. The maximum atomic E-state index is 13.3. The summed E-state index contributed by atoms with van der Waals surface area (Å²) in [6.07, 6.45) is 4.06. The molecule has 46 heteroatoms. The Hall–Kier alpha value is -8.71. The van der Waals surface area contributed by atoms with Crippen molar-refractivity contribution < 1.29 is 214 Å². The minimum Gasteiger partial charge on any atom is -0.460 e. The molecular formula is C71H100F16O30. The highest BCUT2D eigenvalue weighted by Crippen LogP contribution is 2.54. The van der Waals surface area contributed by atoms with Crippen LogP contribution in [0.3, 0.4) is 0 Å². The molecule has 0 radical (unpaired) electrons. The lowest BCUT2D eigenvalue weighted by Gasteiger charge is -2.36. The van der Waals surface area contributed by atoms with E-state index in [4.69, 9.17) is 66.7 Å². The number of methoxy groups -OCH3 is 1. The number of aliphatic hydroxyl groups excluding tert-OH is 2. The fourth-order valence-corrected chi connectivity index (χ4v) is 6.29. The second-order valence-electron chi connectivity index (χ2n) is 22.3. The molecule has 117 heavy (non-hydrogen) atoms. The van der Waals surface area contributed by atoms with Gasteiger partial charge in [0.2, 0.25) is 0 Å². The summed E-state index contributed by atoms with van der Waals surface area (Å²) in [7, 11) is 1.61. The summed E-state index contributed by atoms with van der Waals surface area (Å²) in [6, 6.07) is 0. The number of carbonyl (C=O) groups is 9. The lowest BCUT2D eigenvalue weighted by Crippen LogP contribution is -2.64. The number of carbonyl (C=O) groups excluding carboxylic acids is 9. The van der Waals surface area contributed by atoms with Crippen LogP contribution in [0.5, 0.6) is 0 Å². The van der Waals surface area contributed by atoms with E-state index in [9.17, 15) is 119 Å². The van der Waals surface area contributed by atoms with Gasteiger partial charge in [0.15, 0.2) is 26.4 Å². The van der Waals surface area contributed by atoms with Gasteiger partial charge in [-0.2, -0.15) is 70.2 Å². The molecule has 0 spiro atoms. The average molecular weight is 1740 g/mol. The number of alkyl halides is 16. The number of hydrogen-bond donors (Lipinski definition) is 2. The van der Waals surface area contributed by atoms with E-state index in [1.165, 1.54) is 13.8 Å². The van der Waals surface area contributed by atoms with Gasteiger partial charge < -0.3 is 100 Å². The molecule has 0 aliphatic heterocycles. The highest BCUT2D eigenvalue weighted by Gasteiger charge is 2.82. The van der Waals surface area contributed by atoms with Gasteiger partial charge in [0.05, 0.1) is 132 Å². The van der Waals surface area contributed by atoms with Crippen molar-refractivity contribution in [2.45, 2.75) is 80.7 Å². The van der Waals surface area contributed by atoms with Gasteiger partial charge in [0.1, 0.15) is 39.1 Å². The van der Waals surface area contributed by atoms with Crippen molar-refractivity contribution in [3.63, 3.8) is 0 Å². The Kier molecular flexibility index (Phi) is 64.2. The number of esters is 9. The lowest BCUT2D eigenvalue weighted by atomic mass is 9.88. The zero-order valence-electron chi connectivity index (χ0n) is 64.6. The van der Waals surface area contributed by atoms with Gasteiger partial charge in [-0.15, -0.1) is 0 Å². The Morgan fingerprint density at radius 3 is 0.701 bits per heavy atom. The second-order valence-corrected chi connectivity index (χ2v) is 22.3. The van der Waals surface area contributed by atoms with Crippen LogP contribution in [0.25, 0.3) is 0 Å². The Morgan fingerprint density at radius 2 is 0.504 bits per heavy atom. The van der Waals surface area contributed by atoms with E-state index in [1.54, 1.807) is 7.11 Å². The van der Waals surface area contributed by atoms with Crippen molar-refractivity contribution >= 4 is 53.7 Å². The lowest BCUT2D eigenvalue weighted by molar-refractivity contribution is -0.374. The molecule has 0 saturated carbocycles. The third-order valence-corrected chi connectivity index (χ3v) is 12.8. The Morgan fingerprint density at radius 1 is 0.308 bits per heavy atom. The summed E-state index contributed by atoms with van der Waals surface area (Å²) in [5.41, 5.74) is 0.107. The minimum atomic E-state index is -6.65. The standard InChI is InChI=1S/C19H32O8.C17H32O9.2C12H10F8O4.C11H16O5/c1-5-17(20)26-12-10-24-15-19(7-3,14-23-9-8-22-4)16-25-11-13-27-18(21)6-2;1-2-17(19)26-16-15-25-14-13-24-12-11-23-10-9-22-8-7-21-6-5-20-4-3-18;2*1-3-7(21)23-5-9(13,14)11(17,18)12(19,20)10(15,16)6-24-8(22)4-2;1-7(2)10(13)15-5-9(12)6-16-11(14)8(3)4/h5-6H,1-2,7-16H2,3-4H3;2,18H,1,3-16H2;2*3-4H,1-2,5-6H2;9,12H,1,3,5-6H2,2,4H3. The van der Waals surface area contributed by atoms with Gasteiger partial charge in [-0.1, -0.05) is 66.1 Å². The van der Waals surface area contributed by atoms with Crippen LogP contribution < -0.4 is 0 Å². The molecule has 0 aliphatic carbocycles. The van der Waals surface area contributed by atoms with Crippen LogP contribution in [0.15, 0.2) is 113 Å². The van der Waals surface area contributed by atoms with E-state index in [0.29, 0.717) is 112 Å². The third kappa shape index (κ3) is 52.0. The molecule has 0 bridgehead atoms. The van der Waals surface area contributed by atoms with Crippen LogP contribution in [-0.2, 0) is 133 Å². The normalized spacial score (nSPS) is 11.7. The third-order valence-electron chi connectivity index (χ3n) is 12.8. The number of hydrogen-bond acceptors (Lipinski definition) is 30. The first kappa shape index (κ1) is 117. The van der Waals surface area contributed by atoms with Crippen molar-refractivity contribution in [3.8, 4) is 0 Å². The van der Waals surface area contributed by atoms with Crippen molar-refractivity contribution in [2.75, 3.05) is 199 Å². The Bertz CT molecular complexity index is 2750. The van der Waals surface area contributed by atoms with E-state index in [-0.39, 0.29) is 93.7 Å². The first-order valence-electron chi connectivity index (χ1n) is 33.7. The highest BCUT2D eigenvalue weighted by atomic mass is 19.4. The van der Waals surface area contributed by atoms with Crippen molar-refractivity contribution in [2.24, 2.45) is 5.41 Å². The molecule has 0 aromatic carbocycles. The van der Waals surface area contributed by atoms with Crippen molar-refractivity contribution in [1.29, 1.82) is 0 Å². The second kappa shape index (κ2) is 64.3. The number of aliphatic hydroxyl groups is 2. The van der Waals surface area contributed by atoms with Crippen molar-refractivity contribution in [1.82, 2.24) is 0 Å². The zero-order chi connectivity index (χ0) is 91.0. The number of rotatable bonds is 63. The molecule has 30 nitrogen and oxygen atoms in total. The van der Waals surface area contributed by atoms with Gasteiger partial charge in [-0.05, 0) is 20.3 Å². The first-order chi connectivity index (χ1) is 54.5. The SMILES string of the molecule is C=C(C)C(=O)OCC(O)COC(=O)C(=C)C.C=CC(=O)OCC(F)(F)C(F)(F)C(F)(F)C(F)(F)COC(=O)C=C.C=CC(=O)OCC(F)(F)C(F)(F)C(F)(F)C(F)(F)COC(=O)C=C.C=CC(=O)OCCOCC(CC)(COCCOC)COCCOC(=O)C=C.C=CC(=O)OCCOCCOCCOCCOCCOCCOCCO. The molecule has 0 saturated heterocycles. The summed E-state index contributed by atoms with van der Waals surface area (Å²) >= 11 is 0. The molecule has 676 valence electrons. The Balaban J connectivity index is -0.000000451. The molecule has 0 unspecified atom stereocenters. The molecule has 0 aliphatic rings. The summed E-state index contributed by atoms with van der Waals surface area (Å²) in [5.74, 6) is -59.3. The Labute approximate surface area is 663 Å². The summed E-state index contributed by atoms with van der Waals surface area (Å²) in [5, 5.41) is 17.8. The van der Waals surface area contributed by atoms with E-state index >= 15 is 0 Å². The summed E-state index contributed by atoms with van der Waals surface area (Å²) in [4.78, 5) is 96.7. The van der Waals surface area contributed by atoms with E-state index in [0.717, 1.165) is 24.6 Å². The number of ether oxygens (including phenoxy) is 19. The van der Waals surface area contributed by atoms with Crippen LogP contribution in [0.4, 0.5) is 70.2 Å².